The highest BCUT2D eigenvalue weighted by atomic mass is 16.5. The molecule has 39 heavy (non-hydrogen) atoms. The van der Waals surface area contributed by atoms with Crippen LogP contribution in [0.1, 0.15) is 27.7 Å². The number of amides is 2. The van der Waals surface area contributed by atoms with Gasteiger partial charge in [0, 0.05) is 10.9 Å². The Morgan fingerprint density at radius 1 is 0.821 bits per heavy atom. The topological polar surface area (TPSA) is 126 Å². The van der Waals surface area contributed by atoms with E-state index in [4.69, 9.17) is 4.74 Å². The molecular formula is C30H23N5O4. The summed E-state index contributed by atoms with van der Waals surface area (Å²) in [6.07, 6.45) is 1.46. The van der Waals surface area contributed by atoms with E-state index in [0.29, 0.717) is 33.4 Å². The number of nitrogens with one attached hydrogen (secondary N) is 3. The maximum atomic E-state index is 13.3. The Morgan fingerprint density at radius 2 is 1.49 bits per heavy atom. The van der Waals surface area contributed by atoms with E-state index in [2.05, 4.69) is 26.0 Å². The predicted molar refractivity (Wildman–Crippen MR) is 148 cm³/mol. The second-order valence-corrected chi connectivity index (χ2v) is 8.48. The number of hydrogen-bond acceptors (Lipinski definition) is 6. The van der Waals surface area contributed by atoms with Crippen molar-refractivity contribution < 1.29 is 14.3 Å². The first-order valence-electron chi connectivity index (χ1n) is 12.1. The van der Waals surface area contributed by atoms with Crippen LogP contribution < -0.4 is 21.0 Å². The first-order valence-corrected chi connectivity index (χ1v) is 12.1. The van der Waals surface area contributed by atoms with Crippen molar-refractivity contribution in [3.8, 4) is 11.5 Å². The second kappa shape index (κ2) is 11.7. The van der Waals surface area contributed by atoms with Gasteiger partial charge in [0.2, 0.25) is 0 Å². The van der Waals surface area contributed by atoms with Crippen molar-refractivity contribution in [2.45, 2.75) is 6.04 Å². The molecule has 2 amide bonds. The van der Waals surface area contributed by atoms with Crippen molar-refractivity contribution in [3.05, 3.63) is 136 Å². The molecule has 0 unspecified atom stereocenters. The SMILES string of the molecule is O=C(N[C@H](C(=O)N/N=C/c1cccc(Oc2ccccc2)c1)c1n[nH]c(=O)c2ccccc12)c1ccccc1. The van der Waals surface area contributed by atoms with E-state index < -0.39 is 23.4 Å². The lowest BCUT2D eigenvalue weighted by atomic mass is 10.0. The number of H-pyrrole nitrogens is 1. The number of carbonyl (C=O) groups excluding carboxylic acids is 2. The number of aromatic amines is 1. The van der Waals surface area contributed by atoms with Gasteiger partial charge in [-0.1, -0.05) is 66.7 Å². The van der Waals surface area contributed by atoms with Crippen molar-refractivity contribution >= 4 is 28.8 Å². The van der Waals surface area contributed by atoms with Crippen molar-refractivity contribution in [1.29, 1.82) is 0 Å². The number of fused-ring (bicyclic) bond motifs is 1. The molecule has 0 fully saturated rings. The highest BCUT2D eigenvalue weighted by Crippen LogP contribution is 2.22. The molecule has 0 aliphatic rings. The highest BCUT2D eigenvalue weighted by Gasteiger charge is 2.27. The fraction of sp³-hybridized carbons (Fsp3) is 0.0333. The zero-order chi connectivity index (χ0) is 27.0. The van der Waals surface area contributed by atoms with E-state index in [1.54, 1.807) is 72.8 Å². The van der Waals surface area contributed by atoms with Gasteiger partial charge in [-0.25, -0.2) is 10.5 Å². The molecule has 1 aromatic heterocycles. The molecule has 5 aromatic rings. The maximum Gasteiger partial charge on any atom is 0.272 e. The number of para-hydroxylation sites is 1. The van der Waals surface area contributed by atoms with Gasteiger partial charge in [-0.05, 0) is 48.0 Å². The average molecular weight is 518 g/mol. The molecule has 0 spiro atoms. The second-order valence-electron chi connectivity index (χ2n) is 8.48. The molecule has 9 nitrogen and oxygen atoms in total. The zero-order valence-electron chi connectivity index (χ0n) is 20.6. The van der Waals surface area contributed by atoms with Crippen molar-refractivity contribution in [2.75, 3.05) is 0 Å². The van der Waals surface area contributed by atoms with Gasteiger partial charge < -0.3 is 10.1 Å². The molecule has 1 heterocycles. The van der Waals surface area contributed by atoms with Crippen LogP contribution in [0.2, 0.25) is 0 Å². The van der Waals surface area contributed by atoms with Crippen LogP contribution in [0.4, 0.5) is 0 Å². The Labute approximate surface area is 223 Å². The van der Waals surface area contributed by atoms with E-state index in [-0.39, 0.29) is 5.69 Å². The number of carbonyl (C=O) groups is 2. The summed E-state index contributed by atoms with van der Waals surface area (Å²) in [6.45, 7) is 0. The lowest BCUT2D eigenvalue weighted by Gasteiger charge is -2.18. The Morgan fingerprint density at radius 3 is 2.26 bits per heavy atom. The minimum absolute atomic E-state index is 0.181. The molecule has 9 heteroatoms. The van der Waals surface area contributed by atoms with Gasteiger partial charge in [-0.15, -0.1) is 0 Å². The molecule has 1 atom stereocenters. The van der Waals surface area contributed by atoms with Gasteiger partial charge in [0.15, 0.2) is 6.04 Å². The van der Waals surface area contributed by atoms with Crippen molar-refractivity contribution in [2.24, 2.45) is 5.10 Å². The van der Waals surface area contributed by atoms with Crippen LogP contribution >= 0.6 is 0 Å². The number of rotatable bonds is 8. The standard InChI is InChI=1S/C30H23N5O4/c36-28(21-11-3-1-4-12-21)32-27(26-24-16-7-8-17-25(24)29(37)35-33-26)30(38)34-31-19-20-10-9-15-23(18-20)39-22-13-5-2-6-14-22/h1-19,27H,(H,32,36)(H,34,38)(H,35,37)/b31-19+/t27-/m0/s1. The van der Waals surface area contributed by atoms with Crippen LogP contribution in [0, 0.1) is 0 Å². The Balaban J connectivity index is 1.39. The Hall–Kier alpha value is -5.57. The highest BCUT2D eigenvalue weighted by molar-refractivity contribution is 5.99. The summed E-state index contributed by atoms with van der Waals surface area (Å²) >= 11 is 0. The van der Waals surface area contributed by atoms with Gasteiger partial charge in [-0.2, -0.15) is 10.2 Å². The first-order chi connectivity index (χ1) is 19.1. The van der Waals surface area contributed by atoms with Crippen LogP contribution in [-0.4, -0.2) is 28.2 Å². The quantitative estimate of drug-likeness (QED) is 0.209. The van der Waals surface area contributed by atoms with Crippen molar-refractivity contribution in [1.82, 2.24) is 20.9 Å². The van der Waals surface area contributed by atoms with Gasteiger partial charge in [0.1, 0.15) is 17.2 Å². The monoisotopic (exact) mass is 517 g/mol. The molecule has 4 aromatic carbocycles. The summed E-state index contributed by atoms with van der Waals surface area (Å²) in [7, 11) is 0. The van der Waals surface area contributed by atoms with Crippen LogP contribution in [0.3, 0.4) is 0 Å². The third-order valence-electron chi connectivity index (χ3n) is 5.80. The molecule has 0 radical (unpaired) electrons. The first kappa shape index (κ1) is 25.1. The van der Waals surface area contributed by atoms with Gasteiger partial charge >= 0.3 is 0 Å². The minimum Gasteiger partial charge on any atom is -0.457 e. The Bertz CT molecular complexity index is 1700. The zero-order valence-corrected chi connectivity index (χ0v) is 20.6. The molecule has 3 N–H and O–H groups in total. The predicted octanol–water partition coefficient (Wildman–Crippen LogP) is 4.34. The molecule has 0 aliphatic heterocycles. The molecular weight excluding hydrogens is 494 g/mol. The van der Waals surface area contributed by atoms with Crippen LogP contribution in [0.15, 0.2) is 119 Å². The smallest absolute Gasteiger partial charge is 0.272 e. The third kappa shape index (κ3) is 6.05. The van der Waals surface area contributed by atoms with Crippen LogP contribution in [0.25, 0.3) is 10.8 Å². The fourth-order valence-electron chi connectivity index (χ4n) is 3.94. The van der Waals surface area contributed by atoms with E-state index in [1.807, 2.05) is 36.4 Å². The summed E-state index contributed by atoms with van der Waals surface area (Å²) in [5.41, 5.74) is 3.30. The maximum absolute atomic E-state index is 13.3. The lowest BCUT2D eigenvalue weighted by molar-refractivity contribution is -0.123. The summed E-state index contributed by atoms with van der Waals surface area (Å²) in [6, 6.07) is 30.5. The normalized spacial score (nSPS) is 11.7. The van der Waals surface area contributed by atoms with Crippen LogP contribution in [-0.2, 0) is 4.79 Å². The summed E-state index contributed by atoms with van der Waals surface area (Å²) in [5, 5.41) is 14.1. The molecule has 5 rings (SSSR count). The Kier molecular flexibility index (Phi) is 7.50. The number of hydrazone groups is 1. The summed E-state index contributed by atoms with van der Waals surface area (Å²) in [5.74, 6) is 0.172. The van der Waals surface area contributed by atoms with Gasteiger partial charge in [0.25, 0.3) is 17.4 Å². The van der Waals surface area contributed by atoms with Crippen molar-refractivity contribution in [3.63, 3.8) is 0 Å². The van der Waals surface area contributed by atoms with Gasteiger partial charge in [-0.3, -0.25) is 14.4 Å². The number of benzene rings is 4. The average Bonchev–Trinajstić information content (AvgIpc) is 2.97. The third-order valence-corrected chi connectivity index (χ3v) is 5.80. The largest absolute Gasteiger partial charge is 0.457 e. The summed E-state index contributed by atoms with van der Waals surface area (Å²) < 4.78 is 5.85. The number of nitrogens with zero attached hydrogens (tertiary/aromatic N) is 2. The molecule has 0 aliphatic carbocycles. The van der Waals surface area contributed by atoms with E-state index in [1.165, 1.54) is 6.21 Å². The van der Waals surface area contributed by atoms with Gasteiger partial charge in [0.05, 0.1) is 11.6 Å². The molecule has 0 saturated heterocycles. The summed E-state index contributed by atoms with van der Waals surface area (Å²) in [4.78, 5) is 38.6. The molecule has 0 saturated carbocycles. The fourth-order valence-corrected chi connectivity index (χ4v) is 3.94. The molecule has 0 bridgehead atoms. The van der Waals surface area contributed by atoms with E-state index in [9.17, 15) is 14.4 Å². The minimum atomic E-state index is -1.25. The number of hydrogen-bond donors (Lipinski definition) is 3. The van der Waals surface area contributed by atoms with E-state index in [0.717, 1.165) is 0 Å². The molecule has 192 valence electrons. The number of aromatic nitrogens is 2. The van der Waals surface area contributed by atoms with E-state index >= 15 is 0 Å². The lowest BCUT2D eigenvalue weighted by Crippen LogP contribution is -2.40. The van der Waals surface area contributed by atoms with Crippen LogP contribution in [0.5, 0.6) is 11.5 Å². The number of ether oxygens (including phenoxy) is 1.